The lowest BCUT2D eigenvalue weighted by Gasteiger charge is -2.37. The van der Waals surface area contributed by atoms with Crippen LogP contribution in [0.5, 0.6) is 0 Å². The Kier molecular flexibility index (Phi) is 5.73. The number of amides is 1. The number of carbonyl (C=O) groups excluding carboxylic acids is 1. The average Bonchev–Trinajstić information content (AvgIpc) is 2.62. The number of hydrogen-bond donors (Lipinski definition) is 0. The molecule has 5 nitrogen and oxygen atoms in total. The second kappa shape index (κ2) is 7.90. The van der Waals surface area contributed by atoms with Crippen molar-refractivity contribution in [2.45, 2.75) is 48.0 Å². The van der Waals surface area contributed by atoms with Crippen molar-refractivity contribution in [3.8, 4) is 11.4 Å². The third kappa shape index (κ3) is 4.70. The number of aryl methyl sites for hydroxylation is 2. The minimum Gasteiger partial charge on any atom is -0.353 e. The molecule has 1 saturated heterocycles. The van der Waals surface area contributed by atoms with Crippen LogP contribution in [0.1, 0.15) is 44.0 Å². The van der Waals surface area contributed by atoms with Crippen molar-refractivity contribution < 1.29 is 4.79 Å². The molecule has 3 rings (SSSR count). The Balaban J connectivity index is 1.78. The van der Waals surface area contributed by atoms with Gasteiger partial charge in [0.15, 0.2) is 5.82 Å². The highest BCUT2D eigenvalue weighted by Crippen LogP contribution is 2.26. The van der Waals surface area contributed by atoms with Crippen molar-refractivity contribution in [3.05, 3.63) is 41.1 Å². The Bertz CT molecular complexity index is 861. The van der Waals surface area contributed by atoms with E-state index in [2.05, 4.69) is 57.7 Å². The molecule has 0 atom stereocenters. The lowest BCUT2D eigenvalue weighted by Crippen LogP contribution is -2.49. The Hall–Kier alpha value is -2.43. The molecule has 150 valence electrons. The molecule has 1 amide bonds. The minimum absolute atomic E-state index is 0.0251. The lowest BCUT2D eigenvalue weighted by molar-refractivity contribution is -0.133. The third-order valence-corrected chi connectivity index (χ3v) is 5.25. The van der Waals surface area contributed by atoms with Gasteiger partial charge in [-0.15, -0.1) is 0 Å². The van der Waals surface area contributed by atoms with E-state index in [9.17, 15) is 4.79 Å². The van der Waals surface area contributed by atoms with Gasteiger partial charge in [0.25, 0.3) is 0 Å². The zero-order chi connectivity index (χ0) is 20.5. The molecule has 0 N–H and O–H groups in total. The predicted molar refractivity (Wildman–Crippen MR) is 115 cm³/mol. The van der Waals surface area contributed by atoms with E-state index in [0.29, 0.717) is 6.42 Å². The fourth-order valence-corrected chi connectivity index (χ4v) is 3.57. The molecule has 1 aromatic heterocycles. The highest BCUT2D eigenvalue weighted by molar-refractivity contribution is 5.77. The Morgan fingerprint density at radius 3 is 2.32 bits per heavy atom. The first-order valence-electron chi connectivity index (χ1n) is 10.1. The summed E-state index contributed by atoms with van der Waals surface area (Å²) in [5.41, 5.74) is 4.39. The Morgan fingerprint density at radius 2 is 1.71 bits per heavy atom. The zero-order valence-electron chi connectivity index (χ0n) is 18.0. The fourth-order valence-electron chi connectivity index (χ4n) is 3.57. The average molecular weight is 381 g/mol. The van der Waals surface area contributed by atoms with E-state index in [1.807, 2.05) is 17.9 Å². The summed E-state index contributed by atoms with van der Waals surface area (Å²) >= 11 is 0. The maximum Gasteiger partial charge on any atom is 0.223 e. The zero-order valence-corrected chi connectivity index (χ0v) is 18.0. The van der Waals surface area contributed by atoms with Crippen molar-refractivity contribution in [2.24, 2.45) is 5.41 Å². The van der Waals surface area contributed by atoms with E-state index in [0.717, 1.165) is 54.6 Å². The molecule has 28 heavy (non-hydrogen) atoms. The van der Waals surface area contributed by atoms with Gasteiger partial charge in [0.05, 0.1) is 0 Å². The highest BCUT2D eigenvalue weighted by atomic mass is 16.2. The maximum absolute atomic E-state index is 12.5. The number of piperazine rings is 1. The maximum atomic E-state index is 12.5. The molecule has 2 heterocycles. The number of benzene rings is 1. The Labute approximate surface area is 168 Å². The Morgan fingerprint density at radius 1 is 1.04 bits per heavy atom. The van der Waals surface area contributed by atoms with Crippen LogP contribution in [-0.2, 0) is 4.79 Å². The molecule has 2 aromatic rings. The molecular formula is C23H32N4O. The van der Waals surface area contributed by atoms with Crippen LogP contribution in [0.4, 0.5) is 5.82 Å². The van der Waals surface area contributed by atoms with Crippen LogP contribution in [0.25, 0.3) is 11.4 Å². The molecule has 1 aromatic carbocycles. The van der Waals surface area contributed by atoms with Crippen LogP contribution in [0.3, 0.4) is 0 Å². The third-order valence-electron chi connectivity index (χ3n) is 5.25. The highest BCUT2D eigenvalue weighted by Gasteiger charge is 2.26. The lowest BCUT2D eigenvalue weighted by atomic mass is 9.91. The molecular weight excluding hydrogens is 348 g/mol. The molecule has 5 heteroatoms. The first kappa shape index (κ1) is 20.3. The number of rotatable bonds is 3. The first-order chi connectivity index (χ1) is 13.1. The summed E-state index contributed by atoms with van der Waals surface area (Å²) in [4.78, 5) is 26.4. The first-order valence-corrected chi connectivity index (χ1v) is 10.1. The van der Waals surface area contributed by atoms with Crippen molar-refractivity contribution >= 4 is 11.7 Å². The van der Waals surface area contributed by atoms with Crippen LogP contribution in [0, 0.1) is 26.2 Å². The van der Waals surface area contributed by atoms with Gasteiger partial charge >= 0.3 is 0 Å². The van der Waals surface area contributed by atoms with Gasteiger partial charge in [0.1, 0.15) is 5.82 Å². The number of anilines is 1. The van der Waals surface area contributed by atoms with E-state index >= 15 is 0 Å². The van der Waals surface area contributed by atoms with Crippen molar-refractivity contribution in [1.82, 2.24) is 14.9 Å². The van der Waals surface area contributed by atoms with Crippen LogP contribution in [-0.4, -0.2) is 47.0 Å². The minimum atomic E-state index is 0.0251. The van der Waals surface area contributed by atoms with Crippen molar-refractivity contribution in [3.63, 3.8) is 0 Å². The van der Waals surface area contributed by atoms with E-state index in [1.165, 1.54) is 5.56 Å². The van der Waals surface area contributed by atoms with Crippen molar-refractivity contribution in [2.75, 3.05) is 31.1 Å². The van der Waals surface area contributed by atoms with E-state index in [1.54, 1.807) is 0 Å². The van der Waals surface area contributed by atoms with Gasteiger partial charge in [-0.3, -0.25) is 4.79 Å². The summed E-state index contributed by atoms with van der Waals surface area (Å²) in [5.74, 6) is 2.02. The molecule has 0 bridgehead atoms. The molecule has 1 fully saturated rings. The molecule has 1 aliphatic heterocycles. The molecule has 0 spiro atoms. The van der Waals surface area contributed by atoms with Gasteiger partial charge in [-0.25, -0.2) is 9.97 Å². The second-order valence-electron chi connectivity index (χ2n) is 9.06. The van der Waals surface area contributed by atoms with Crippen LogP contribution < -0.4 is 4.90 Å². The van der Waals surface area contributed by atoms with Crippen LogP contribution in [0.15, 0.2) is 24.3 Å². The monoisotopic (exact) mass is 380 g/mol. The summed E-state index contributed by atoms with van der Waals surface area (Å²) in [5, 5.41) is 0. The normalized spacial score (nSPS) is 15.1. The van der Waals surface area contributed by atoms with Gasteiger partial charge in [-0.2, -0.15) is 0 Å². The number of nitrogens with zero attached hydrogens (tertiary/aromatic N) is 4. The summed E-state index contributed by atoms with van der Waals surface area (Å²) in [7, 11) is 0. The second-order valence-corrected chi connectivity index (χ2v) is 9.06. The quantitative estimate of drug-likeness (QED) is 0.802. The summed E-state index contributed by atoms with van der Waals surface area (Å²) in [6.07, 6.45) is 0.593. The summed E-state index contributed by atoms with van der Waals surface area (Å²) in [6.45, 7) is 15.7. The van der Waals surface area contributed by atoms with Crippen molar-refractivity contribution in [1.29, 1.82) is 0 Å². The van der Waals surface area contributed by atoms with Crippen LogP contribution in [0.2, 0.25) is 0 Å². The molecule has 0 saturated carbocycles. The number of aromatic nitrogens is 2. The standard InChI is InChI=1S/C23H32N4O/c1-16-8-7-9-19(14-16)21-24-18(3)17(2)22(25-21)27-12-10-26(11-13-27)20(28)15-23(4,5)6/h7-9,14H,10-13,15H2,1-6H3. The topological polar surface area (TPSA) is 49.3 Å². The number of carbonyl (C=O) groups is 1. The summed E-state index contributed by atoms with van der Waals surface area (Å²) in [6, 6.07) is 8.31. The molecule has 0 aliphatic carbocycles. The SMILES string of the molecule is Cc1cccc(-c2nc(C)c(C)c(N3CCN(C(=O)CC(C)(C)C)CC3)n2)c1. The molecule has 1 aliphatic rings. The van der Waals surface area contributed by atoms with E-state index < -0.39 is 0 Å². The van der Waals surface area contributed by atoms with Gasteiger partial charge in [0, 0.05) is 49.4 Å². The summed E-state index contributed by atoms with van der Waals surface area (Å²) < 4.78 is 0. The largest absolute Gasteiger partial charge is 0.353 e. The smallest absolute Gasteiger partial charge is 0.223 e. The van der Waals surface area contributed by atoms with Gasteiger partial charge in [0.2, 0.25) is 5.91 Å². The van der Waals surface area contributed by atoms with Crippen LogP contribution >= 0.6 is 0 Å². The fraction of sp³-hybridized carbons (Fsp3) is 0.522. The van der Waals surface area contributed by atoms with Gasteiger partial charge in [-0.05, 0) is 32.3 Å². The molecule has 0 unspecified atom stereocenters. The van der Waals surface area contributed by atoms with E-state index in [4.69, 9.17) is 9.97 Å². The number of hydrogen-bond acceptors (Lipinski definition) is 4. The predicted octanol–water partition coefficient (Wildman–Crippen LogP) is 4.15. The molecule has 0 radical (unpaired) electrons. The van der Waals surface area contributed by atoms with E-state index in [-0.39, 0.29) is 11.3 Å². The van der Waals surface area contributed by atoms with Gasteiger partial charge in [-0.1, -0.05) is 44.5 Å². The van der Waals surface area contributed by atoms with Gasteiger partial charge < -0.3 is 9.80 Å².